The first kappa shape index (κ1) is 14.4. The lowest BCUT2D eigenvalue weighted by Crippen LogP contribution is -2.65. The summed E-state index contributed by atoms with van der Waals surface area (Å²) >= 11 is 0. The summed E-state index contributed by atoms with van der Waals surface area (Å²) in [7, 11) is 0. The van der Waals surface area contributed by atoms with Gasteiger partial charge in [0.1, 0.15) is 12.1 Å². The van der Waals surface area contributed by atoms with Gasteiger partial charge in [0.05, 0.1) is 0 Å². The van der Waals surface area contributed by atoms with Crippen LogP contribution in [0.2, 0.25) is 0 Å². The smallest absolute Gasteiger partial charge is 0.246 e. The fraction of sp³-hybridized carbons (Fsp3) is 0.867. The molecule has 2 rings (SSSR count). The summed E-state index contributed by atoms with van der Waals surface area (Å²) < 4.78 is 0. The molecular weight excluding hydrogens is 240 g/mol. The Hall–Kier alpha value is -1.06. The van der Waals surface area contributed by atoms with E-state index in [1.807, 2.05) is 18.7 Å². The van der Waals surface area contributed by atoms with Crippen LogP contribution < -0.4 is 5.32 Å². The molecule has 19 heavy (non-hydrogen) atoms. The molecule has 0 aromatic rings. The van der Waals surface area contributed by atoms with E-state index >= 15 is 0 Å². The number of carbonyl (C=O) groups is 2. The quantitative estimate of drug-likeness (QED) is 0.826. The molecular formula is C15H26N2O2. The Morgan fingerprint density at radius 3 is 2.47 bits per heavy atom. The highest BCUT2D eigenvalue weighted by molar-refractivity contribution is 5.97. The highest BCUT2D eigenvalue weighted by Gasteiger charge is 2.42. The second kappa shape index (κ2) is 5.93. The van der Waals surface area contributed by atoms with E-state index in [2.05, 4.69) is 12.2 Å². The van der Waals surface area contributed by atoms with Crippen molar-refractivity contribution in [1.82, 2.24) is 10.2 Å². The van der Waals surface area contributed by atoms with Gasteiger partial charge >= 0.3 is 0 Å². The molecule has 1 N–H and O–H groups in total. The Bertz CT molecular complexity index is 352. The SMILES string of the molecule is CCC(C)C1NC(=O)C(CC)N(CC2CCC2)C1=O. The third kappa shape index (κ3) is 2.77. The molecule has 1 heterocycles. The van der Waals surface area contributed by atoms with Crippen molar-refractivity contribution in [2.45, 2.75) is 65.0 Å². The number of hydrogen-bond donors (Lipinski definition) is 1. The second-order valence-electron chi connectivity index (χ2n) is 6.08. The third-order valence-corrected chi connectivity index (χ3v) is 4.81. The van der Waals surface area contributed by atoms with E-state index in [-0.39, 0.29) is 29.8 Å². The van der Waals surface area contributed by atoms with Crippen LogP contribution in [0.25, 0.3) is 0 Å². The van der Waals surface area contributed by atoms with Gasteiger partial charge in [0.25, 0.3) is 0 Å². The van der Waals surface area contributed by atoms with Crippen molar-refractivity contribution in [2.24, 2.45) is 11.8 Å². The summed E-state index contributed by atoms with van der Waals surface area (Å²) in [6.45, 7) is 6.86. The molecule has 1 saturated carbocycles. The summed E-state index contributed by atoms with van der Waals surface area (Å²) in [5, 5.41) is 2.93. The Balaban J connectivity index is 2.13. The molecule has 2 amide bonds. The van der Waals surface area contributed by atoms with E-state index in [0.29, 0.717) is 12.3 Å². The van der Waals surface area contributed by atoms with Crippen LogP contribution in [0.1, 0.15) is 52.9 Å². The molecule has 0 spiro atoms. The number of nitrogens with one attached hydrogen (secondary N) is 1. The Kier molecular flexibility index (Phi) is 4.48. The molecule has 2 fully saturated rings. The second-order valence-corrected chi connectivity index (χ2v) is 6.08. The van der Waals surface area contributed by atoms with Crippen LogP contribution in [0.4, 0.5) is 0 Å². The average molecular weight is 266 g/mol. The molecule has 0 aromatic carbocycles. The minimum Gasteiger partial charge on any atom is -0.342 e. The fourth-order valence-corrected chi connectivity index (χ4v) is 2.98. The molecule has 0 bridgehead atoms. The number of hydrogen-bond acceptors (Lipinski definition) is 2. The average Bonchev–Trinajstić information content (AvgIpc) is 2.35. The molecule has 0 aromatic heterocycles. The van der Waals surface area contributed by atoms with Crippen molar-refractivity contribution in [3.8, 4) is 0 Å². The zero-order valence-corrected chi connectivity index (χ0v) is 12.3. The molecule has 1 aliphatic heterocycles. The third-order valence-electron chi connectivity index (χ3n) is 4.81. The molecule has 0 radical (unpaired) electrons. The zero-order valence-electron chi connectivity index (χ0n) is 12.3. The molecule has 108 valence electrons. The van der Waals surface area contributed by atoms with Crippen molar-refractivity contribution < 1.29 is 9.59 Å². The summed E-state index contributed by atoms with van der Waals surface area (Å²) in [6.07, 6.45) is 5.29. The summed E-state index contributed by atoms with van der Waals surface area (Å²) in [5.41, 5.74) is 0. The van der Waals surface area contributed by atoms with Gasteiger partial charge in [-0.1, -0.05) is 33.6 Å². The summed E-state index contributed by atoms with van der Waals surface area (Å²) in [4.78, 5) is 26.7. The molecule has 1 aliphatic carbocycles. The van der Waals surface area contributed by atoms with Gasteiger partial charge in [-0.25, -0.2) is 0 Å². The maximum Gasteiger partial charge on any atom is 0.246 e. The van der Waals surface area contributed by atoms with Crippen molar-refractivity contribution in [3.05, 3.63) is 0 Å². The predicted octanol–water partition coefficient (Wildman–Crippen LogP) is 1.94. The van der Waals surface area contributed by atoms with E-state index in [9.17, 15) is 9.59 Å². The lowest BCUT2D eigenvalue weighted by molar-refractivity contribution is -0.152. The van der Waals surface area contributed by atoms with Crippen molar-refractivity contribution in [3.63, 3.8) is 0 Å². The van der Waals surface area contributed by atoms with Gasteiger partial charge in [-0.15, -0.1) is 0 Å². The fourth-order valence-electron chi connectivity index (χ4n) is 2.98. The van der Waals surface area contributed by atoms with Crippen molar-refractivity contribution >= 4 is 11.8 Å². The van der Waals surface area contributed by atoms with Gasteiger partial charge in [-0.2, -0.15) is 0 Å². The van der Waals surface area contributed by atoms with E-state index < -0.39 is 0 Å². The first-order valence-corrected chi connectivity index (χ1v) is 7.69. The number of rotatable bonds is 5. The van der Waals surface area contributed by atoms with Gasteiger partial charge in [0, 0.05) is 6.54 Å². The van der Waals surface area contributed by atoms with Crippen LogP contribution in [-0.2, 0) is 9.59 Å². The standard InChI is InChI=1S/C15H26N2O2/c1-4-10(3)13-15(19)17(9-11-7-6-8-11)12(5-2)14(18)16-13/h10-13H,4-9H2,1-3H3,(H,16,18). The highest BCUT2D eigenvalue weighted by Crippen LogP contribution is 2.29. The first-order chi connectivity index (χ1) is 9.08. The van der Waals surface area contributed by atoms with Crippen LogP contribution in [0.3, 0.4) is 0 Å². The molecule has 2 aliphatic rings. The lowest BCUT2D eigenvalue weighted by atomic mass is 9.83. The van der Waals surface area contributed by atoms with Crippen LogP contribution in [-0.4, -0.2) is 35.3 Å². The number of piperazine rings is 1. The van der Waals surface area contributed by atoms with E-state index in [1.165, 1.54) is 19.3 Å². The van der Waals surface area contributed by atoms with Gasteiger partial charge in [-0.05, 0) is 31.1 Å². The number of carbonyl (C=O) groups excluding carboxylic acids is 2. The Morgan fingerprint density at radius 2 is 2.00 bits per heavy atom. The largest absolute Gasteiger partial charge is 0.342 e. The monoisotopic (exact) mass is 266 g/mol. The van der Waals surface area contributed by atoms with Gasteiger partial charge < -0.3 is 10.2 Å². The summed E-state index contributed by atoms with van der Waals surface area (Å²) in [6, 6.07) is -0.575. The molecule has 3 unspecified atom stereocenters. The van der Waals surface area contributed by atoms with E-state index in [0.717, 1.165) is 13.0 Å². The first-order valence-electron chi connectivity index (χ1n) is 7.69. The van der Waals surface area contributed by atoms with Gasteiger partial charge in [0.2, 0.25) is 11.8 Å². The van der Waals surface area contributed by atoms with Crippen LogP contribution in [0.15, 0.2) is 0 Å². The van der Waals surface area contributed by atoms with Crippen molar-refractivity contribution in [1.29, 1.82) is 0 Å². The minimum absolute atomic E-state index is 0.0340. The van der Waals surface area contributed by atoms with E-state index in [4.69, 9.17) is 0 Å². The zero-order chi connectivity index (χ0) is 14.0. The van der Waals surface area contributed by atoms with Crippen molar-refractivity contribution in [2.75, 3.05) is 6.54 Å². The molecule has 4 heteroatoms. The number of amides is 2. The minimum atomic E-state index is -0.319. The van der Waals surface area contributed by atoms with Crippen LogP contribution in [0, 0.1) is 11.8 Å². The summed E-state index contributed by atoms with van der Waals surface area (Å²) in [5.74, 6) is 0.985. The van der Waals surface area contributed by atoms with Crippen LogP contribution in [0.5, 0.6) is 0 Å². The molecule has 1 saturated heterocycles. The van der Waals surface area contributed by atoms with Gasteiger partial charge in [0.15, 0.2) is 0 Å². The number of nitrogens with zero attached hydrogens (tertiary/aromatic N) is 1. The van der Waals surface area contributed by atoms with E-state index in [1.54, 1.807) is 0 Å². The normalized spacial score (nSPS) is 29.9. The molecule has 4 nitrogen and oxygen atoms in total. The lowest BCUT2D eigenvalue weighted by Gasteiger charge is -2.43. The van der Waals surface area contributed by atoms with Gasteiger partial charge in [-0.3, -0.25) is 9.59 Å². The Labute approximate surface area is 115 Å². The maximum atomic E-state index is 12.6. The maximum absolute atomic E-state index is 12.6. The highest BCUT2D eigenvalue weighted by atomic mass is 16.2. The van der Waals surface area contributed by atoms with Crippen LogP contribution >= 0.6 is 0 Å². The Morgan fingerprint density at radius 1 is 1.32 bits per heavy atom. The topological polar surface area (TPSA) is 49.4 Å². The predicted molar refractivity (Wildman–Crippen MR) is 74.5 cm³/mol. The molecule has 3 atom stereocenters.